The summed E-state index contributed by atoms with van der Waals surface area (Å²) in [6, 6.07) is 6.32. The topological polar surface area (TPSA) is 111 Å². The minimum Gasteiger partial charge on any atom is -0.465 e. The van der Waals surface area contributed by atoms with Crippen LogP contribution in [0.25, 0.3) is 10.9 Å². The molecule has 0 spiro atoms. The molecule has 3 fully saturated rings. The number of piperazine rings is 1. The van der Waals surface area contributed by atoms with Crippen LogP contribution in [0.1, 0.15) is 37.8 Å². The average Bonchev–Trinajstić information content (AvgIpc) is 3.16. The molecule has 0 radical (unpaired) electrons. The van der Waals surface area contributed by atoms with Crippen molar-refractivity contribution < 1.29 is 19.5 Å². The Balaban J connectivity index is 1.22. The number of piperidine rings is 2. The Hall–Kier alpha value is -3.14. The number of carbonyl (C=O) groups excluding carboxylic acids is 2. The first-order valence-electron chi connectivity index (χ1n) is 12.6. The number of nitrogens with zero attached hydrogens (tertiary/aromatic N) is 5. The highest BCUT2D eigenvalue weighted by Crippen LogP contribution is 2.32. The van der Waals surface area contributed by atoms with E-state index in [4.69, 9.17) is 0 Å². The van der Waals surface area contributed by atoms with E-state index in [0.29, 0.717) is 37.8 Å². The predicted molar refractivity (Wildman–Crippen MR) is 131 cm³/mol. The molecule has 10 heteroatoms. The van der Waals surface area contributed by atoms with Gasteiger partial charge in [0.15, 0.2) is 0 Å². The van der Waals surface area contributed by atoms with Crippen LogP contribution in [0.5, 0.6) is 0 Å². The minimum absolute atomic E-state index is 0.215. The normalized spacial score (nSPS) is 26.3. The molecule has 0 bridgehead atoms. The fraction of sp³-hybridized carbons (Fsp3) is 0.600. The molecule has 1 aromatic carbocycles. The van der Waals surface area contributed by atoms with E-state index in [-0.39, 0.29) is 11.8 Å². The fourth-order valence-electron chi connectivity index (χ4n) is 5.84. The molecule has 0 saturated carbocycles. The lowest BCUT2D eigenvalue weighted by molar-refractivity contribution is -0.134. The van der Waals surface area contributed by atoms with Crippen molar-refractivity contribution in [2.24, 2.45) is 18.9 Å². The summed E-state index contributed by atoms with van der Waals surface area (Å²) in [6.45, 7) is 8.30. The van der Waals surface area contributed by atoms with Crippen molar-refractivity contribution in [3.63, 3.8) is 0 Å². The van der Waals surface area contributed by atoms with Gasteiger partial charge >= 0.3 is 6.09 Å². The lowest BCUT2D eigenvalue weighted by Crippen LogP contribution is -2.50. The van der Waals surface area contributed by atoms with Crippen LogP contribution in [0.2, 0.25) is 0 Å². The van der Waals surface area contributed by atoms with Crippen LogP contribution >= 0.6 is 0 Å². The second-order valence-corrected chi connectivity index (χ2v) is 10.3. The van der Waals surface area contributed by atoms with E-state index < -0.39 is 12.0 Å². The number of hydrogen-bond donors (Lipinski definition) is 2. The Bertz CT molecular complexity index is 1140. The maximum Gasteiger partial charge on any atom is 0.407 e. The van der Waals surface area contributed by atoms with Gasteiger partial charge in [-0.2, -0.15) is 5.10 Å². The van der Waals surface area contributed by atoms with Gasteiger partial charge in [0.2, 0.25) is 11.8 Å². The molecule has 2 aromatic rings. The quantitative estimate of drug-likeness (QED) is 0.640. The van der Waals surface area contributed by atoms with Crippen LogP contribution in [-0.4, -0.2) is 88.4 Å². The van der Waals surface area contributed by atoms with Gasteiger partial charge in [-0.05, 0) is 42.9 Å². The number of aromatic nitrogens is 2. The molecular formula is C25H34N6O4. The number of hydrogen-bond acceptors (Lipinski definition) is 6. The van der Waals surface area contributed by atoms with Crippen LogP contribution < -0.4 is 10.2 Å². The Labute approximate surface area is 204 Å². The number of nitrogens with one attached hydrogen (secondary N) is 1. The lowest BCUT2D eigenvalue weighted by Gasteiger charge is -2.41. The summed E-state index contributed by atoms with van der Waals surface area (Å²) in [5, 5.41) is 17.3. The average molecular weight is 483 g/mol. The third kappa shape index (κ3) is 4.71. The van der Waals surface area contributed by atoms with Gasteiger partial charge in [0, 0.05) is 70.4 Å². The van der Waals surface area contributed by atoms with Crippen LogP contribution in [0, 0.1) is 11.8 Å². The van der Waals surface area contributed by atoms with E-state index in [2.05, 4.69) is 45.3 Å². The summed E-state index contributed by atoms with van der Waals surface area (Å²) in [5.41, 5.74) is 2.88. The van der Waals surface area contributed by atoms with Crippen LogP contribution in [-0.2, 0) is 16.6 Å². The van der Waals surface area contributed by atoms with Crippen molar-refractivity contribution in [2.45, 2.75) is 32.1 Å². The molecule has 188 valence electrons. The molecule has 4 heterocycles. The smallest absolute Gasteiger partial charge is 0.407 e. The highest BCUT2D eigenvalue weighted by Gasteiger charge is 2.33. The Morgan fingerprint density at radius 3 is 2.60 bits per heavy atom. The largest absolute Gasteiger partial charge is 0.465 e. The van der Waals surface area contributed by atoms with Crippen molar-refractivity contribution in [1.29, 1.82) is 0 Å². The minimum atomic E-state index is -0.807. The highest BCUT2D eigenvalue weighted by atomic mass is 16.4. The lowest BCUT2D eigenvalue weighted by atomic mass is 9.86. The van der Waals surface area contributed by atoms with E-state index in [0.717, 1.165) is 61.4 Å². The van der Waals surface area contributed by atoms with E-state index >= 15 is 0 Å². The molecule has 10 nitrogen and oxygen atoms in total. The molecule has 1 unspecified atom stereocenters. The molecular weight excluding hydrogens is 448 g/mol. The fourth-order valence-corrected chi connectivity index (χ4v) is 5.84. The van der Waals surface area contributed by atoms with E-state index in [1.54, 1.807) is 4.90 Å². The zero-order chi connectivity index (χ0) is 24.7. The van der Waals surface area contributed by atoms with Gasteiger partial charge in [-0.1, -0.05) is 6.92 Å². The van der Waals surface area contributed by atoms with Gasteiger partial charge in [-0.15, -0.1) is 0 Å². The van der Waals surface area contributed by atoms with Gasteiger partial charge in [-0.3, -0.25) is 24.5 Å². The highest BCUT2D eigenvalue weighted by molar-refractivity contribution is 6.02. The molecule has 3 aliphatic rings. The monoisotopic (exact) mass is 482 g/mol. The number of amides is 3. The molecule has 2 N–H and O–H groups in total. The van der Waals surface area contributed by atoms with Crippen LogP contribution in [0.4, 0.5) is 10.5 Å². The van der Waals surface area contributed by atoms with Gasteiger partial charge in [0.25, 0.3) is 0 Å². The number of carboxylic acid groups (broad SMARTS) is 1. The van der Waals surface area contributed by atoms with E-state index in [1.165, 1.54) is 0 Å². The number of rotatable bonds is 4. The first kappa shape index (κ1) is 23.6. The third-order valence-electron chi connectivity index (χ3n) is 8.02. The molecule has 3 amide bonds. The molecule has 0 aliphatic carbocycles. The van der Waals surface area contributed by atoms with E-state index in [9.17, 15) is 19.5 Å². The zero-order valence-corrected chi connectivity index (χ0v) is 20.4. The first-order chi connectivity index (χ1) is 16.8. The molecule has 1 aromatic heterocycles. The maximum atomic E-state index is 12.4. The molecule has 5 rings (SSSR count). The van der Waals surface area contributed by atoms with E-state index in [1.807, 2.05) is 11.7 Å². The second-order valence-electron chi connectivity index (χ2n) is 10.3. The van der Waals surface area contributed by atoms with Crippen LogP contribution in [0.3, 0.4) is 0 Å². The molecule has 3 atom stereocenters. The van der Waals surface area contributed by atoms with Gasteiger partial charge in [0.1, 0.15) is 0 Å². The summed E-state index contributed by atoms with van der Waals surface area (Å²) >= 11 is 0. The number of anilines is 1. The Morgan fingerprint density at radius 2 is 1.91 bits per heavy atom. The Morgan fingerprint density at radius 1 is 1.14 bits per heavy atom. The summed E-state index contributed by atoms with van der Waals surface area (Å²) in [4.78, 5) is 41.6. The molecule has 35 heavy (non-hydrogen) atoms. The summed E-state index contributed by atoms with van der Waals surface area (Å²) in [5.74, 6) is 0.0466. The number of fused-ring (bicyclic) bond motifs is 1. The zero-order valence-electron chi connectivity index (χ0n) is 20.4. The SMILES string of the molecule is C[C@@H]1CN(C(=O)O)CC[C@H]1CN1CCN(c2ccc3c(C4CCC(=O)NC4=O)nn(C)c3c2)CC1. The van der Waals surface area contributed by atoms with Crippen molar-refractivity contribution in [2.75, 3.05) is 50.7 Å². The number of aryl methyl sites for hydroxylation is 1. The van der Waals surface area contributed by atoms with Crippen molar-refractivity contribution in [3.05, 3.63) is 23.9 Å². The number of carbonyl (C=O) groups is 3. The first-order valence-corrected chi connectivity index (χ1v) is 12.6. The third-order valence-corrected chi connectivity index (χ3v) is 8.02. The summed E-state index contributed by atoms with van der Waals surface area (Å²) in [6.07, 6.45) is 0.960. The standard InChI is InChI=1S/C25H34N6O4/c1-16-14-31(25(34)35)8-7-17(16)15-29-9-11-30(12-10-29)18-3-4-19-21(13-18)28(2)27-23(19)20-5-6-22(32)26-24(20)33/h3-4,13,16-17,20H,5-12,14-15H2,1-2H3,(H,34,35)(H,26,32,33)/t16-,17+,20?/m1/s1. The van der Waals surface area contributed by atoms with Crippen molar-refractivity contribution in [3.8, 4) is 0 Å². The van der Waals surface area contributed by atoms with Crippen molar-refractivity contribution in [1.82, 2.24) is 24.9 Å². The predicted octanol–water partition coefficient (Wildman–Crippen LogP) is 1.85. The maximum absolute atomic E-state index is 12.4. The second kappa shape index (κ2) is 9.49. The number of benzene rings is 1. The van der Waals surface area contributed by atoms with Gasteiger partial charge < -0.3 is 14.9 Å². The summed E-state index contributed by atoms with van der Waals surface area (Å²) in [7, 11) is 1.90. The van der Waals surface area contributed by atoms with Crippen LogP contribution in [0.15, 0.2) is 18.2 Å². The molecule has 3 saturated heterocycles. The van der Waals surface area contributed by atoms with Gasteiger partial charge in [-0.25, -0.2) is 4.79 Å². The number of imide groups is 1. The number of likely N-dealkylation sites (tertiary alicyclic amines) is 1. The summed E-state index contributed by atoms with van der Waals surface area (Å²) < 4.78 is 1.83. The van der Waals surface area contributed by atoms with Crippen molar-refractivity contribution >= 4 is 34.5 Å². The molecule has 3 aliphatic heterocycles. The Kier molecular flexibility index (Phi) is 6.39. The van der Waals surface area contributed by atoms with Gasteiger partial charge in [0.05, 0.1) is 17.1 Å².